The van der Waals surface area contributed by atoms with Crippen LogP contribution in [0.2, 0.25) is 0 Å². The van der Waals surface area contributed by atoms with Gasteiger partial charge in [-0.05, 0) is 44.4 Å². The summed E-state index contributed by atoms with van der Waals surface area (Å²) >= 11 is 0. The zero-order valence-electron chi connectivity index (χ0n) is 13.9. The summed E-state index contributed by atoms with van der Waals surface area (Å²) < 4.78 is 6.94. The second-order valence-electron chi connectivity index (χ2n) is 5.93. The number of carbonyl (C=O) groups excluding carboxylic acids is 1. The fraction of sp³-hybridized carbons (Fsp3) is 0.294. The van der Waals surface area contributed by atoms with Crippen LogP contribution in [0.15, 0.2) is 45.8 Å². The van der Waals surface area contributed by atoms with Gasteiger partial charge in [0.2, 0.25) is 0 Å². The van der Waals surface area contributed by atoms with Gasteiger partial charge in [-0.15, -0.1) is 0 Å². The largest absolute Gasteiger partial charge is 0.468 e. The number of aromatic amines is 1. The Labute approximate surface area is 138 Å². The summed E-state index contributed by atoms with van der Waals surface area (Å²) in [6, 6.07) is 8.82. The molecule has 0 saturated heterocycles. The number of H-pyrrole nitrogens is 1. The fourth-order valence-corrected chi connectivity index (χ4v) is 2.69. The molecule has 0 aliphatic carbocycles. The highest BCUT2D eigenvalue weighted by atomic mass is 16.3. The number of carbonyl (C=O) groups is 1. The van der Waals surface area contributed by atoms with Crippen LogP contribution in [0, 0.1) is 0 Å². The molecule has 0 saturated carbocycles. The lowest BCUT2D eigenvalue weighted by molar-refractivity contribution is 0.0939. The molecule has 1 aromatic carbocycles. The Hall–Kier alpha value is -2.80. The Morgan fingerprint density at radius 1 is 1.38 bits per heavy atom. The standard InChI is InChI=1S/C17H20N4O3/c1-20(2)14(15-5-4-8-24-15)10-18-16(22)11-6-7-13-12(9-11)19-17(23)21(13)3/h4-9,14H,10H2,1-3H3,(H,18,22)(H,19,23). The molecule has 1 amide bonds. The molecular formula is C17H20N4O3. The van der Waals surface area contributed by atoms with Gasteiger partial charge in [-0.3, -0.25) is 14.3 Å². The number of rotatable bonds is 5. The third-order valence-corrected chi connectivity index (χ3v) is 4.12. The van der Waals surface area contributed by atoms with Crippen LogP contribution in [-0.2, 0) is 7.05 Å². The Balaban J connectivity index is 1.76. The normalized spacial score (nSPS) is 12.7. The Bertz CT molecular complexity index is 906. The van der Waals surface area contributed by atoms with Gasteiger partial charge in [0.05, 0.1) is 23.3 Å². The number of nitrogens with one attached hydrogen (secondary N) is 2. The Morgan fingerprint density at radius 2 is 2.17 bits per heavy atom. The number of amides is 1. The van der Waals surface area contributed by atoms with Crippen molar-refractivity contribution in [2.45, 2.75) is 6.04 Å². The van der Waals surface area contributed by atoms with Crippen molar-refractivity contribution < 1.29 is 9.21 Å². The number of fused-ring (bicyclic) bond motifs is 1. The summed E-state index contributed by atoms with van der Waals surface area (Å²) in [4.78, 5) is 28.8. The number of furan rings is 1. The average molecular weight is 328 g/mol. The van der Waals surface area contributed by atoms with Crippen LogP contribution in [-0.4, -0.2) is 41.0 Å². The van der Waals surface area contributed by atoms with Crippen LogP contribution in [0.4, 0.5) is 0 Å². The first-order valence-electron chi connectivity index (χ1n) is 7.64. The number of aromatic nitrogens is 2. The quantitative estimate of drug-likeness (QED) is 0.743. The van der Waals surface area contributed by atoms with Crippen molar-refractivity contribution in [2.24, 2.45) is 7.05 Å². The van der Waals surface area contributed by atoms with Crippen molar-refractivity contribution in [3.63, 3.8) is 0 Å². The molecule has 126 valence electrons. The van der Waals surface area contributed by atoms with Crippen molar-refractivity contribution in [1.82, 2.24) is 19.8 Å². The minimum Gasteiger partial charge on any atom is -0.468 e. The second-order valence-corrected chi connectivity index (χ2v) is 5.93. The van der Waals surface area contributed by atoms with Crippen molar-refractivity contribution in [1.29, 1.82) is 0 Å². The van der Waals surface area contributed by atoms with Crippen LogP contribution in [0.5, 0.6) is 0 Å². The maximum Gasteiger partial charge on any atom is 0.326 e. The predicted octanol–water partition coefficient (Wildman–Crippen LogP) is 1.49. The lowest BCUT2D eigenvalue weighted by atomic mass is 10.1. The van der Waals surface area contributed by atoms with Crippen LogP contribution in [0.1, 0.15) is 22.2 Å². The first kappa shape index (κ1) is 16.1. The summed E-state index contributed by atoms with van der Waals surface area (Å²) in [5, 5.41) is 2.92. The maximum atomic E-state index is 12.4. The minimum atomic E-state index is -0.201. The predicted molar refractivity (Wildman–Crippen MR) is 91.0 cm³/mol. The van der Waals surface area contributed by atoms with E-state index in [-0.39, 0.29) is 17.6 Å². The molecule has 3 aromatic rings. The van der Waals surface area contributed by atoms with Crippen LogP contribution < -0.4 is 11.0 Å². The molecule has 0 bridgehead atoms. The molecule has 0 fully saturated rings. The van der Waals surface area contributed by atoms with Gasteiger partial charge in [0.25, 0.3) is 5.91 Å². The smallest absolute Gasteiger partial charge is 0.326 e. The van der Waals surface area contributed by atoms with Crippen molar-refractivity contribution in [3.8, 4) is 0 Å². The zero-order chi connectivity index (χ0) is 17.3. The van der Waals surface area contributed by atoms with E-state index in [1.807, 2.05) is 31.1 Å². The van der Waals surface area contributed by atoms with Crippen molar-refractivity contribution >= 4 is 16.9 Å². The molecule has 7 heteroatoms. The number of aryl methyl sites for hydroxylation is 1. The van der Waals surface area contributed by atoms with E-state index in [4.69, 9.17) is 4.42 Å². The van der Waals surface area contributed by atoms with E-state index in [1.54, 1.807) is 31.5 Å². The first-order valence-corrected chi connectivity index (χ1v) is 7.64. The first-order chi connectivity index (χ1) is 11.5. The number of likely N-dealkylation sites (N-methyl/N-ethyl adjacent to an activating group) is 1. The van der Waals surface area contributed by atoms with E-state index in [1.165, 1.54) is 4.57 Å². The summed E-state index contributed by atoms with van der Waals surface area (Å²) in [7, 11) is 5.55. The highest BCUT2D eigenvalue weighted by Crippen LogP contribution is 2.18. The van der Waals surface area contributed by atoms with Gasteiger partial charge in [0.15, 0.2) is 0 Å². The third kappa shape index (κ3) is 2.98. The van der Waals surface area contributed by atoms with Crippen LogP contribution >= 0.6 is 0 Å². The molecule has 24 heavy (non-hydrogen) atoms. The molecule has 0 spiro atoms. The van der Waals surface area contributed by atoms with E-state index >= 15 is 0 Å². The molecular weight excluding hydrogens is 308 g/mol. The molecule has 2 N–H and O–H groups in total. The number of nitrogens with zero attached hydrogens (tertiary/aromatic N) is 2. The number of hydrogen-bond donors (Lipinski definition) is 2. The second kappa shape index (κ2) is 6.37. The highest BCUT2D eigenvalue weighted by Gasteiger charge is 2.18. The topological polar surface area (TPSA) is 83.3 Å². The van der Waals surface area contributed by atoms with E-state index in [0.717, 1.165) is 11.3 Å². The maximum absolute atomic E-state index is 12.4. The lowest BCUT2D eigenvalue weighted by Gasteiger charge is -2.22. The zero-order valence-corrected chi connectivity index (χ0v) is 13.9. The van der Waals surface area contributed by atoms with E-state index in [9.17, 15) is 9.59 Å². The van der Waals surface area contributed by atoms with Gasteiger partial charge >= 0.3 is 5.69 Å². The fourth-order valence-electron chi connectivity index (χ4n) is 2.69. The Morgan fingerprint density at radius 3 is 2.83 bits per heavy atom. The molecule has 1 atom stereocenters. The molecule has 3 rings (SSSR count). The van der Waals surface area contributed by atoms with Crippen molar-refractivity contribution in [2.75, 3.05) is 20.6 Å². The average Bonchev–Trinajstić information content (AvgIpc) is 3.16. The van der Waals surface area contributed by atoms with Crippen LogP contribution in [0.3, 0.4) is 0 Å². The van der Waals surface area contributed by atoms with Gasteiger partial charge in [0, 0.05) is 19.2 Å². The molecule has 0 aliphatic rings. The number of hydrogen-bond acceptors (Lipinski definition) is 4. The molecule has 7 nitrogen and oxygen atoms in total. The summed E-state index contributed by atoms with van der Waals surface area (Å²) in [5.74, 6) is 0.600. The Kier molecular flexibility index (Phi) is 4.26. The van der Waals surface area contributed by atoms with E-state index in [0.29, 0.717) is 17.6 Å². The van der Waals surface area contributed by atoms with Gasteiger partial charge in [-0.2, -0.15) is 0 Å². The number of imidazole rings is 1. The molecule has 2 aromatic heterocycles. The van der Waals surface area contributed by atoms with E-state index in [2.05, 4.69) is 10.3 Å². The molecule has 2 heterocycles. The lowest BCUT2D eigenvalue weighted by Crippen LogP contribution is -2.34. The van der Waals surface area contributed by atoms with Gasteiger partial charge < -0.3 is 14.7 Å². The molecule has 0 radical (unpaired) electrons. The molecule has 0 aliphatic heterocycles. The van der Waals surface area contributed by atoms with E-state index < -0.39 is 0 Å². The number of benzene rings is 1. The van der Waals surface area contributed by atoms with Gasteiger partial charge in [0.1, 0.15) is 5.76 Å². The molecule has 1 unspecified atom stereocenters. The summed E-state index contributed by atoms with van der Waals surface area (Å²) in [6.45, 7) is 0.419. The van der Waals surface area contributed by atoms with Gasteiger partial charge in [-0.25, -0.2) is 4.79 Å². The summed E-state index contributed by atoms with van der Waals surface area (Å²) in [6.07, 6.45) is 1.62. The van der Waals surface area contributed by atoms with Crippen LogP contribution in [0.25, 0.3) is 11.0 Å². The highest BCUT2D eigenvalue weighted by molar-refractivity contribution is 5.97. The monoisotopic (exact) mass is 328 g/mol. The minimum absolute atomic E-state index is 0.0517. The third-order valence-electron chi connectivity index (χ3n) is 4.12. The SMILES string of the molecule is CN(C)C(CNC(=O)c1ccc2c(c1)[nH]c(=O)n2C)c1ccco1. The summed E-state index contributed by atoms with van der Waals surface area (Å²) in [5.41, 5.74) is 1.71. The van der Waals surface area contributed by atoms with Crippen molar-refractivity contribution in [3.05, 3.63) is 58.4 Å². The van der Waals surface area contributed by atoms with Gasteiger partial charge in [-0.1, -0.05) is 0 Å².